The standard InChI is InChI=1S/C17H19N3/c1-20-12-6-16(7-13-20)17(14-2-8-18-9-3-14)15-4-10-19-11-5-15/h2-10,12,17,19H,11,13H2,1H3. The molecule has 0 bridgehead atoms. The van der Waals surface area contributed by atoms with Gasteiger partial charge in [0.25, 0.3) is 0 Å². The van der Waals surface area contributed by atoms with Gasteiger partial charge in [0.05, 0.1) is 0 Å². The number of hydrogen-bond acceptors (Lipinski definition) is 3. The lowest BCUT2D eigenvalue weighted by molar-refractivity contribution is 0.500. The Morgan fingerprint density at radius 3 is 2.60 bits per heavy atom. The third-order valence-corrected chi connectivity index (χ3v) is 3.69. The van der Waals surface area contributed by atoms with Crippen molar-refractivity contribution in [1.29, 1.82) is 0 Å². The average Bonchev–Trinajstić information content (AvgIpc) is 2.52. The van der Waals surface area contributed by atoms with E-state index in [1.165, 1.54) is 16.7 Å². The van der Waals surface area contributed by atoms with Gasteiger partial charge in [0.1, 0.15) is 0 Å². The normalized spacial score (nSPS) is 19.1. The number of nitrogens with one attached hydrogen (secondary N) is 1. The SMILES string of the molecule is CN1C=CC(C(C2=CCNC=C2)c2ccncc2)=CC1. The molecule has 3 rings (SSSR count). The van der Waals surface area contributed by atoms with E-state index < -0.39 is 0 Å². The summed E-state index contributed by atoms with van der Waals surface area (Å²) in [6.07, 6.45) is 16.9. The molecule has 0 saturated carbocycles. The molecule has 0 aromatic carbocycles. The van der Waals surface area contributed by atoms with Gasteiger partial charge in [0.2, 0.25) is 0 Å². The fourth-order valence-corrected chi connectivity index (χ4v) is 2.62. The molecule has 2 aliphatic heterocycles. The highest BCUT2D eigenvalue weighted by Gasteiger charge is 2.20. The van der Waals surface area contributed by atoms with Crippen molar-refractivity contribution in [3.8, 4) is 0 Å². The lowest BCUT2D eigenvalue weighted by Crippen LogP contribution is -2.18. The molecule has 0 saturated heterocycles. The number of aromatic nitrogens is 1. The predicted octanol–water partition coefficient (Wildman–Crippen LogP) is 2.59. The molecule has 1 unspecified atom stereocenters. The van der Waals surface area contributed by atoms with Gasteiger partial charge in [-0.25, -0.2) is 0 Å². The Labute approximate surface area is 120 Å². The Morgan fingerprint density at radius 2 is 1.95 bits per heavy atom. The highest BCUT2D eigenvalue weighted by molar-refractivity contribution is 5.48. The van der Waals surface area contributed by atoms with E-state index in [-0.39, 0.29) is 0 Å². The fourth-order valence-electron chi connectivity index (χ4n) is 2.62. The van der Waals surface area contributed by atoms with Gasteiger partial charge >= 0.3 is 0 Å². The summed E-state index contributed by atoms with van der Waals surface area (Å²) in [6.45, 7) is 1.85. The van der Waals surface area contributed by atoms with Crippen molar-refractivity contribution in [2.75, 3.05) is 20.1 Å². The maximum Gasteiger partial charge on any atom is 0.0356 e. The summed E-state index contributed by atoms with van der Waals surface area (Å²) in [4.78, 5) is 6.31. The van der Waals surface area contributed by atoms with Gasteiger partial charge < -0.3 is 10.2 Å². The van der Waals surface area contributed by atoms with Crippen LogP contribution in [0.4, 0.5) is 0 Å². The van der Waals surface area contributed by atoms with Crippen LogP contribution in [0.1, 0.15) is 11.5 Å². The van der Waals surface area contributed by atoms with E-state index in [0.29, 0.717) is 5.92 Å². The molecule has 2 aliphatic rings. The van der Waals surface area contributed by atoms with E-state index in [0.717, 1.165) is 13.1 Å². The zero-order chi connectivity index (χ0) is 13.8. The van der Waals surface area contributed by atoms with Crippen molar-refractivity contribution < 1.29 is 0 Å². The Bertz CT molecular complexity index is 582. The van der Waals surface area contributed by atoms with Crippen LogP contribution in [0.2, 0.25) is 0 Å². The van der Waals surface area contributed by atoms with Crippen molar-refractivity contribution >= 4 is 0 Å². The van der Waals surface area contributed by atoms with Crippen LogP contribution in [0.25, 0.3) is 0 Å². The molecule has 0 fully saturated rings. The molecule has 3 heterocycles. The maximum absolute atomic E-state index is 4.13. The van der Waals surface area contributed by atoms with E-state index in [1.807, 2.05) is 18.6 Å². The van der Waals surface area contributed by atoms with Gasteiger partial charge in [-0.3, -0.25) is 4.98 Å². The zero-order valence-corrected chi connectivity index (χ0v) is 11.7. The van der Waals surface area contributed by atoms with Gasteiger partial charge in [0.15, 0.2) is 0 Å². The first-order valence-corrected chi connectivity index (χ1v) is 6.93. The van der Waals surface area contributed by atoms with E-state index in [2.05, 4.69) is 64.9 Å². The van der Waals surface area contributed by atoms with Gasteiger partial charge in [0, 0.05) is 38.4 Å². The number of nitrogens with zero attached hydrogens (tertiary/aromatic N) is 2. The monoisotopic (exact) mass is 265 g/mol. The van der Waals surface area contributed by atoms with Crippen LogP contribution in [0.3, 0.4) is 0 Å². The van der Waals surface area contributed by atoms with Crippen LogP contribution in [0.15, 0.2) is 72.4 Å². The highest BCUT2D eigenvalue weighted by atomic mass is 15.1. The lowest BCUT2D eigenvalue weighted by Gasteiger charge is -2.26. The maximum atomic E-state index is 4.13. The lowest BCUT2D eigenvalue weighted by atomic mass is 9.83. The van der Waals surface area contributed by atoms with Gasteiger partial charge in [-0.05, 0) is 53.4 Å². The third-order valence-electron chi connectivity index (χ3n) is 3.69. The molecule has 1 N–H and O–H groups in total. The number of dihydropyridines is 1. The molecule has 1 atom stereocenters. The van der Waals surface area contributed by atoms with Gasteiger partial charge in [-0.2, -0.15) is 0 Å². The Hall–Kier alpha value is -2.29. The van der Waals surface area contributed by atoms with Crippen LogP contribution in [0.5, 0.6) is 0 Å². The molecule has 3 nitrogen and oxygen atoms in total. The molecule has 3 heteroatoms. The summed E-state index contributed by atoms with van der Waals surface area (Å²) in [7, 11) is 2.09. The molecule has 102 valence electrons. The van der Waals surface area contributed by atoms with Crippen LogP contribution >= 0.6 is 0 Å². The summed E-state index contributed by atoms with van der Waals surface area (Å²) in [6, 6.07) is 4.21. The quantitative estimate of drug-likeness (QED) is 0.910. The summed E-state index contributed by atoms with van der Waals surface area (Å²) in [5.41, 5.74) is 3.99. The van der Waals surface area contributed by atoms with Crippen molar-refractivity contribution in [3.63, 3.8) is 0 Å². The van der Waals surface area contributed by atoms with E-state index in [4.69, 9.17) is 0 Å². The number of likely N-dealkylation sites (N-methyl/N-ethyl adjacent to an activating group) is 1. The van der Waals surface area contributed by atoms with Crippen LogP contribution in [-0.2, 0) is 0 Å². The molecule has 1 aromatic rings. The first-order chi connectivity index (χ1) is 9.84. The second-order valence-electron chi connectivity index (χ2n) is 5.12. The molecule has 0 amide bonds. The Kier molecular flexibility index (Phi) is 3.68. The number of rotatable bonds is 3. The minimum Gasteiger partial charge on any atom is -0.387 e. The van der Waals surface area contributed by atoms with E-state index in [1.54, 1.807) is 0 Å². The summed E-state index contributed by atoms with van der Waals surface area (Å²) in [5, 5.41) is 3.22. The number of allylic oxidation sites excluding steroid dienone is 4. The van der Waals surface area contributed by atoms with Crippen molar-refractivity contribution in [2.24, 2.45) is 0 Å². The predicted molar refractivity (Wildman–Crippen MR) is 82.1 cm³/mol. The van der Waals surface area contributed by atoms with Crippen LogP contribution in [0, 0.1) is 0 Å². The Balaban J connectivity index is 1.98. The second kappa shape index (κ2) is 5.78. The smallest absolute Gasteiger partial charge is 0.0356 e. The van der Waals surface area contributed by atoms with Crippen molar-refractivity contribution in [1.82, 2.24) is 15.2 Å². The molecule has 1 aromatic heterocycles. The summed E-state index contributed by atoms with van der Waals surface area (Å²) in [5.74, 6) is 0.293. The van der Waals surface area contributed by atoms with Gasteiger partial charge in [-0.1, -0.05) is 12.2 Å². The minimum absolute atomic E-state index is 0.293. The topological polar surface area (TPSA) is 28.2 Å². The average molecular weight is 265 g/mol. The largest absolute Gasteiger partial charge is 0.387 e. The number of pyridine rings is 1. The summed E-state index contributed by atoms with van der Waals surface area (Å²) < 4.78 is 0. The first kappa shape index (κ1) is 12.7. The van der Waals surface area contributed by atoms with E-state index in [9.17, 15) is 0 Å². The highest BCUT2D eigenvalue weighted by Crippen LogP contribution is 2.34. The molecule has 0 radical (unpaired) electrons. The minimum atomic E-state index is 0.293. The second-order valence-corrected chi connectivity index (χ2v) is 5.12. The fraction of sp³-hybridized carbons (Fsp3) is 0.235. The van der Waals surface area contributed by atoms with Crippen LogP contribution < -0.4 is 5.32 Å². The van der Waals surface area contributed by atoms with Crippen molar-refractivity contribution in [3.05, 3.63) is 77.9 Å². The zero-order valence-electron chi connectivity index (χ0n) is 11.7. The molecular formula is C17H19N3. The molecular weight excluding hydrogens is 246 g/mol. The first-order valence-electron chi connectivity index (χ1n) is 6.93. The third kappa shape index (κ3) is 2.67. The van der Waals surface area contributed by atoms with Crippen LogP contribution in [-0.4, -0.2) is 30.0 Å². The number of hydrogen-bond donors (Lipinski definition) is 1. The van der Waals surface area contributed by atoms with Gasteiger partial charge in [-0.15, -0.1) is 0 Å². The molecule has 0 aliphatic carbocycles. The molecule has 20 heavy (non-hydrogen) atoms. The summed E-state index contributed by atoms with van der Waals surface area (Å²) >= 11 is 0. The Morgan fingerprint density at radius 1 is 1.15 bits per heavy atom. The van der Waals surface area contributed by atoms with E-state index >= 15 is 0 Å². The molecule has 0 spiro atoms. The van der Waals surface area contributed by atoms with Crippen molar-refractivity contribution in [2.45, 2.75) is 5.92 Å².